The van der Waals surface area contributed by atoms with Crippen LogP contribution in [0.5, 0.6) is 0 Å². The van der Waals surface area contributed by atoms with Crippen LogP contribution in [0.2, 0.25) is 0 Å². The molecule has 2 aromatic rings. The summed E-state index contributed by atoms with van der Waals surface area (Å²) in [5.41, 5.74) is 2.41. The molecule has 1 unspecified atom stereocenters. The largest absolute Gasteiger partial charge is 0.300 e. The van der Waals surface area contributed by atoms with E-state index in [9.17, 15) is 13.2 Å². The number of carbonyl (C=O) groups is 1. The fraction of sp³-hybridized carbons (Fsp3) is 0.250. The van der Waals surface area contributed by atoms with Crippen molar-refractivity contribution in [3.05, 3.63) is 77.2 Å². The van der Waals surface area contributed by atoms with Gasteiger partial charge in [0.15, 0.2) is 9.84 Å². The van der Waals surface area contributed by atoms with E-state index >= 15 is 0 Å². The molecule has 1 heterocycles. The maximum absolute atomic E-state index is 13.1. The second-order valence-corrected chi connectivity index (χ2v) is 8.44. The van der Waals surface area contributed by atoms with E-state index in [0.29, 0.717) is 17.2 Å². The monoisotopic (exact) mass is 355 g/mol. The Morgan fingerprint density at radius 2 is 1.68 bits per heavy atom. The van der Waals surface area contributed by atoms with Crippen molar-refractivity contribution in [3.8, 4) is 0 Å². The minimum absolute atomic E-state index is 0.0858. The van der Waals surface area contributed by atoms with Gasteiger partial charge >= 0.3 is 0 Å². The Bertz CT molecular complexity index is 884. The predicted molar refractivity (Wildman–Crippen MR) is 100 cm³/mol. The number of rotatable bonds is 4. The average molecular weight is 355 g/mol. The van der Waals surface area contributed by atoms with Gasteiger partial charge in [0.25, 0.3) is 5.91 Å². The highest BCUT2D eigenvalue weighted by atomic mass is 32.2. The number of amides is 1. The zero-order chi connectivity index (χ0) is 18.0. The molecule has 130 valence electrons. The Balaban J connectivity index is 2.00. The molecule has 5 heteroatoms. The van der Waals surface area contributed by atoms with Crippen molar-refractivity contribution in [1.29, 1.82) is 0 Å². The van der Waals surface area contributed by atoms with Gasteiger partial charge in [0.2, 0.25) is 0 Å². The van der Waals surface area contributed by atoms with E-state index in [4.69, 9.17) is 0 Å². The lowest BCUT2D eigenvalue weighted by Crippen LogP contribution is -2.41. The lowest BCUT2D eigenvalue weighted by Gasteiger charge is -2.28. The van der Waals surface area contributed by atoms with Crippen molar-refractivity contribution < 1.29 is 13.2 Å². The first-order chi connectivity index (χ1) is 11.9. The Kier molecular flexibility index (Phi) is 4.77. The third kappa shape index (κ3) is 3.82. The molecule has 1 aliphatic heterocycles. The topological polar surface area (TPSA) is 54.5 Å². The molecule has 1 aliphatic rings. The third-order valence-electron chi connectivity index (χ3n) is 4.32. The fourth-order valence-electron chi connectivity index (χ4n) is 2.92. The number of hydrogen-bond donors (Lipinski definition) is 0. The molecule has 0 spiro atoms. The van der Waals surface area contributed by atoms with E-state index in [0.717, 1.165) is 0 Å². The lowest BCUT2D eigenvalue weighted by atomic mass is 10.0. The van der Waals surface area contributed by atoms with Crippen molar-refractivity contribution in [2.45, 2.75) is 25.8 Å². The van der Waals surface area contributed by atoms with Crippen LogP contribution in [-0.2, 0) is 9.84 Å². The molecular formula is C20H21NO3S. The molecular weight excluding hydrogens is 334 g/mol. The van der Waals surface area contributed by atoms with Gasteiger partial charge in [-0.05, 0) is 41.8 Å². The van der Waals surface area contributed by atoms with Crippen LogP contribution in [0.1, 0.15) is 35.7 Å². The lowest BCUT2D eigenvalue weighted by molar-refractivity contribution is 0.0983. The third-order valence-corrected chi connectivity index (χ3v) is 5.70. The maximum Gasteiger partial charge on any atom is 0.258 e. The van der Waals surface area contributed by atoms with Gasteiger partial charge in [-0.1, -0.05) is 44.2 Å². The van der Waals surface area contributed by atoms with Crippen LogP contribution < -0.4 is 4.90 Å². The van der Waals surface area contributed by atoms with Gasteiger partial charge in [-0.3, -0.25) is 4.79 Å². The highest BCUT2D eigenvalue weighted by molar-refractivity contribution is 7.94. The van der Waals surface area contributed by atoms with Crippen LogP contribution in [0.15, 0.2) is 66.1 Å². The summed E-state index contributed by atoms with van der Waals surface area (Å²) in [6.45, 7) is 4.21. The van der Waals surface area contributed by atoms with Crippen LogP contribution in [0, 0.1) is 0 Å². The van der Waals surface area contributed by atoms with Gasteiger partial charge in [-0.2, -0.15) is 0 Å². The zero-order valence-electron chi connectivity index (χ0n) is 14.3. The first kappa shape index (κ1) is 17.4. The van der Waals surface area contributed by atoms with Crippen LogP contribution in [0.25, 0.3) is 0 Å². The van der Waals surface area contributed by atoms with Crippen LogP contribution in [-0.4, -0.2) is 26.1 Å². The molecule has 3 rings (SSSR count). The Morgan fingerprint density at radius 1 is 1.04 bits per heavy atom. The molecule has 0 saturated carbocycles. The van der Waals surface area contributed by atoms with Gasteiger partial charge in [0.1, 0.15) is 0 Å². The van der Waals surface area contributed by atoms with Crippen molar-refractivity contribution in [2.24, 2.45) is 0 Å². The van der Waals surface area contributed by atoms with Crippen LogP contribution >= 0.6 is 0 Å². The van der Waals surface area contributed by atoms with Crippen molar-refractivity contribution in [2.75, 3.05) is 10.7 Å². The standard InChI is InChI=1S/C20H21NO3S/c1-15(2)16-8-10-18(11-9-16)21(19-12-13-25(23,24)14-19)20(22)17-6-4-3-5-7-17/h3-13,15,19H,14H2,1-2H3. The molecule has 0 bridgehead atoms. The summed E-state index contributed by atoms with van der Waals surface area (Å²) >= 11 is 0. The quantitative estimate of drug-likeness (QED) is 0.839. The van der Waals surface area contributed by atoms with Gasteiger partial charge in [-0.15, -0.1) is 0 Å². The second kappa shape index (κ2) is 6.84. The van der Waals surface area contributed by atoms with E-state index in [2.05, 4.69) is 13.8 Å². The Morgan fingerprint density at radius 3 is 2.20 bits per heavy atom. The number of carbonyl (C=O) groups excluding carboxylic acids is 1. The SMILES string of the molecule is CC(C)c1ccc(N(C(=O)c2ccccc2)C2C=CS(=O)(=O)C2)cc1. The number of sulfone groups is 1. The Labute approximate surface area is 148 Å². The highest BCUT2D eigenvalue weighted by Crippen LogP contribution is 2.26. The van der Waals surface area contributed by atoms with Gasteiger partial charge < -0.3 is 4.90 Å². The summed E-state index contributed by atoms with van der Waals surface area (Å²) in [4.78, 5) is 14.6. The molecule has 25 heavy (non-hydrogen) atoms. The van der Waals surface area contributed by atoms with E-state index in [1.807, 2.05) is 30.3 Å². The number of nitrogens with zero attached hydrogens (tertiary/aromatic N) is 1. The highest BCUT2D eigenvalue weighted by Gasteiger charge is 2.31. The normalized spacial score (nSPS) is 18.4. The predicted octanol–water partition coefficient (Wildman–Crippen LogP) is 3.77. The zero-order valence-corrected chi connectivity index (χ0v) is 15.1. The van der Waals surface area contributed by atoms with Gasteiger partial charge in [0.05, 0.1) is 11.8 Å². The summed E-state index contributed by atoms with van der Waals surface area (Å²) in [6, 6.07) is 16.2. The van der Waals surface area contributed by atoms with Gasteiger partial charge in [-0.25, -0.2) is 8.42 Å². The molecule has 4 nitrogen and oxygen atoms in total. The molecule has 0 N–H and O–H groups in total. The van der Waals surface area contributed by atoms with E-state index in [1.54, 1.807) is 35.2 Å². The molecule has 0 aromatic heterocycles. The van der Waals surface area contributed by atoms with Crippen molar-refractivity contribution in [1.82, 2.24) is 0 Å². The molecule has 1 amide bonds. The number of benzene rings is 2. The summed E-state index contributed by atoms with van der Waals surface area (Å²) in [7, 11) is -3.26. The minimum atomic E-state index is -3.26. The van der Waals surface area contributed by atoms with Gasteiger partial charge in [0, 0.05) is 16.7 Å². The molecule has 2 aromatic carbocycles. The van der Waals surface area contributed by atoms with E-state index in [1.165, 1.54) is 11.0 Å². The maximum atomic E-state index is 13.1. The first-order valence-electron chi connectivity index (χ1n) is 8.27. The van der Waals surface area contributed by atoms with Crippen LogP contribution in [0.4, 0.5) is 5.69 Å². The molecule has 0 saturated heterocycles. The summed E-state index contributed by atoms with van der Waals surface area (Å²) < 4.78 is 23.7. The summed E-state index contributed by atoms with van der Waals surface area (Å²) in [5, 5.41) is 1.20. The second-order valence-electron chi connectivity index (χ2n) is 6.51. The number of hydrogen-bond acceptors (Lipinski definition) is 3. The molecule has 0 fully saturated rings. The summed E-state index contributed by atoms with van der Waals surface area (Å²) in [6.07, 6.45) is 1.59. The average Bonchev–Trinajstić information content (AvgIpc) is 2.96. The first-order valence-corrected chi connectivity index (χ1v) is 9.98. The van der Waals surface area contributed by atoms with E-state index < -0.39 is 15.9 Å². The molecule has 0 radical (unpaired) electrons. The molecule has 0 aliphatic carbocycles. The van der Waals surface area contributed by atoms with E-state index in [-0.39, 0.29) is 11.7 Å². The minimum Gasteiger partial charge on any atom is -0.300 e. The molecule has 1 atom stereocenters. The summed E-state index contributed by atoms with van der Waals surface area (Å²) in [5.74, 6) is 0.0982. The Hall–Kier alpha value is -2.40. The number of anilines is 1. The van der Waals surface area contributed by atoms with Crippen molar-refractivity contribution in [3.63, 3.8) is 0 Å². The van der Waals surface area contributed by atoms with Crippen LogP contribution in [0.3, 0.4) is 0 Å². The fourth-order valence-corrected chi connectivity index (χ4v) is 4.19. The van der Waals surface area contributed by atoms with Crippen molar-refractivity contribution >= 4 is 21.4 Å². The smallest absolute Gasteiger partial charge is 0.258 e.